The van der Waals surface area contributed by atoms with E-state index < -0.39 is 15.9 Å². The van der Waals surface area contributed by atoms with Gasteiger partial charge in [0.2, 0.25) is 0 Å². The number of carbonyl (C=O) groups is 1. The molecule has 16 heavy (non-hydrogen) atoms. The standard InChI is InChI=1S/C8H13NO2.H2O4S/c1-3-6-5-8(6,9)7(10)11-4-2;1-5(2,3)4/h3,6H,1,4-5,9H2,2H3;(H2,1,2,3,4)/t6?,8-;/m1./s1. The van der Waals surface area contributed by atoms with Crippen LogP contribution in [0.5, 0.6) is 0 Å². The van der Waals surface area contributed by atoms with Gasteiger partial charge in [-0.1, -0.05) is 6.08 Å². The van der Waals surface area contributed by atoms with Crippen molar-refractivity contribution < 1.29 is 27.1 Å². The summed E-state index contributed by atoms with van der Waals surface area (Å²) in [6, 6.07) is 0. The van der Waals surface area contributed by atoms with Crippen molar-refractivity contribution in [1.29, 1.82) is 0 Å². The average Bonchev–Trinajstić information content (AvgIpc) is 2.76. The summed E-state index contributed by atoms with van der Waals surface area (Å²) >= 11 is 0. The fourth-order valence-electron chi connectivity index (χ4n) is 1.10. The van der Waals surface area contributed by atoms with Crippen LogP contribution in [0.4, 0.5) is 0 Å². The molecule has 0 amide bonds. The minimum atomic E-state index is -4.67. The van der Waals surface area contributed by atoms with Gasteiger partial charge in [0.05, 0.1) is 6.61 Å². The minimum absolute atomic E-state index is 0.113. The Morgan fingerprint density at radius 2 is 2.12 bits per heavy atom. The van der Waals surface area contributed by atoms with E-state index >= 15 is 0 Å². The molecule has 1 unspecified atom stereocenters. The van der Waals surface area contributed by atoms with Gasteiger partial charge in [-0.2, -0.15) is 8.42 Å². The normalized spacial score (nSPS) is 27.4. The molecule has 2 atom stereocenters. The maximum absolute atomic E-state index is 11.1. The fourth-order valence-corrected chi connectivity index (χ4v) is 1.10. The van der Waals surface area contributed by atoms with Crippen LogP contribution in [-0.2, 0) is 19.9 Å². The molecule has 0 bridgehead atoms. The Kier molecular flexibility index (Phi) is 5.07. The van der Waals surface area contributed by atoms with Crippen LogP contribution in [0.15, 0.2) is 12.7 Å². The molecular formula is C8H15NO6S. The molecule has 1 aliphatic rings. The van der Waals surface area contributed by atoms with Gasteiger partial charge in [0.25, 0.3) is 0 Å². The number of hydrogen-bond acceptors (Lipinski definition) is 5. The molecule has 1 fully saturated rings. The zero-order valence-electron chi connectivity index (χ0n) is 8.79. The van der Waals surface area contributed by atoms with E-state index in [9.17, 15) is 4.79 Å². The maximum Gasteiger partial charge on any atom is 0.394 e. The summed E-state index contributed by atoms with van der Waals surface area (Å²) in [4.78, 5) is 11.1. The van der Waals surface area contributed by atoms with Crippen molar-refractivity contribution in [2.75, 3.05) is 6.61 Å². The second kappa shape index (κ2) is 5.39. The Morgan fingerprint density at radius 1 is 1.69 bits per heavy atom. The second-order valence-corrected chi connectivity index (χ2v) is 4.15. The second-order valence-electron chi connectivity index (χ2n) is 3.25. The van der Waals surface area contributed by atoms with Crippen LogP contribution < -0.4 is 5.73 Å². The molecule has 1 rings (SSSR count). The van der Waals surface area contributed by atoms with Crippen molar-refractivity contribution in [3.8, 4) is 0 Å². The molecule has 8 heteroatoms. The van der Waals surface area contributed by atoms with Crippen LogP contribution in [0.1, 0.15) is 13.3 Å². The highest BCUT2D eigenvalue weighted by molar-refractivity contribution is 7.79. The summed E-state index contributed by atoms with van der Waals surface area (Å²) in [7, 11) is -4.67. The van der Waals surface area contributed by atoms with Crippen LogP contribution in [0.2, 0.25) is 0 Å². The van der Waals surface area contributed by atoms with Crippen LogP contribution in [0, 0.1) is 5.92 Å². The summed E-state index contributed by atoms with van der Waals surface area (Å²) in [6.45, 7) is 5.73. The van der Waals surface area contributed by atoms with Crippen molar-refractivity contribution in [2.24, 2.45) is 11.7 Å². The van der Waals surface area contributed by atoms with Crippen molar-refractivity contribution in [3.63, 3.8) is 0 Å². The van der Waals surface area contributed by atoms with Gasteiger partial charge in [-0.25, -0.2) is 0 Å². The van der Waals surface area contributed by atoms with Crippen LogP contribution in [0.3, 0.4) is 0 Å². The summed E-state index contributed by atoms with van der Waals surface area (Å²) < 4.78 is 36.4. The Hall–Kier alpha value is -0.960. The number of carbonyl (C=O) groups excluding carboxylic acids is 1. The molecule has 0 aromatic rings. The molecule has 0 heterocycles. The quantitative estimate of drug-likeness (QED) is 0.361. The van der Waals surface area contributed by atoms with E-state index in [1.165, 1.54) is 0 Å². The monoisotopic (exact) mass is 253 g/mol. The number of hydrogen-bond donors (Lipinski definition) is 3. The van der Waals surface area contributed by atoms with E-state index in [0.717, 1.165) is 0 Å². The van der Waals surface area contributed by atoms with E-state index in [0.29, 0.717) is 13.0 Å². The predicted octanol–water partition coefficient (Wildman–Crippen LogP) is -0.200. The Labute approximate surface area is 93.9 Å². The summed E-state index contributed by atoms with van der Waals surface area (Å²) in [5, 5.41) is 0. The van der Waals surface area contributed by atoms with Gasteiger partial charge >= 0.3 is 16.4 Å². The number of rotatable bonds is 3. The highest BCUT2D eigenvalue weighted by atomic mass is 32.3. The van der Waals surface area contributed by atoms with Gasteiger partial charge in [0.15, 0.2) is 0 Å². The molecule has 0 spiro atoms. The largest absolute Gasteiger partial charge is 0.465 e. The summed E-state index contributed by atoms with van der Waals surface area (Å²) in [6.07, 6.45) is 2.38. The Bertz CT molecular complexity index is 357. The topological polar surface area (TPSA) is 127 Å². The molecule has 94 valence electrons. The van der Waals surface area contributed by atoms with Gasteiger partial charge in [-0.05, 0) is 13.3 Å². The number of ether oxygens (including phenoxy) is 1. The van der Waals surface area contributed by atoms with E-state index in [1.807, 2.05) is 0 Å². The average molecular weight is 253 g/mol. The molecular weight excluding hydrogens is 238 g/mol. The number of esters is 1. The Morgan fingerprint density at radius 3 is 2.38 bits per heavy atom. The first-order valence-corrected chi connectivity index (χ1v) is 5.83. The van der Waals surface area contributed by atoms with E-state index in [1.54, 1.807) is 13.0 Å². The summed E-state index contributed by atoms with van der Waals surface area (Å²) in [5.74, 6) is -0.188. The van der Waals surface area contributed by atoms with Gasteiger partial charge in [-0.15, -0.1) is 6.58 Å². The highest BCUT2D eigenvalue weighted by Gasteiger charge is 2.56. The molecule has 4 N–H and O–H groups in total. The molecule has 1 saturated carbocycles. The molecule has 7 nitrogen and oxygen atoms in total. The van der Waals surface area contributed by atoms with Gasteiger partial charge in [0, 0.05) is 5.92 Å². The molecule has 0 aromatic carbocycles. The highest BCUT2D eigenvalue weighted by Crippen LogP contribution is 2.42. The van der Waals surface area contributed by atoms with Gasteiger partial charge in [0.1, 0.15) is 5.54 Å². The molecule has 0 radical (unpaired) electrons. The van der Waals surface area contributed by atoms with Crippen molar-refractivity contribution in [3.05, 3.63) is 12.7 Å². The smallest absolute Gasteiger partial charge is 0.394 e. The first kappa shape index (κ1) is 15.0. The zero-order valence-corrected chi connectivity index (χ0v) is 9.61. The van der Waals surface area contributed by atoms with E-state index in [4.69, 9.17) is 28.0 Å². The first-order chi connectivity index (χ1) is 7.15. The zero-order chi connectivity index (χ0) is 13.0. The molecule has 0 aromatic heterocycles. The third-order valence-corrected chi connectivity index (χ3v) is 2.00. The lowest BCUT2D eigenvalue weighted by atomic mass is 10.2. The van der Waals surface area contributed by atoms with Crippen molar-refractivity contribution in [2.45, 2.75) is 18.9 Å². The van der Waals surface area contributed by atoms with Crippen LogP contribution >= 0.6 is 0 Å². The van der Waals surface area contributed by atoms with E-state index in [-0.39, 0.29) is 11.9 Å². The minimum Gasteiger partial charge on any atom is -0.465 e. The van der Waals surface area contributed by atoms with Crippen molar-refractivity contribution in [1.82, 2.24) is 0 Å². The van der Waals surface area contributed by atoms with Crippen LogP contribution in [-0.4, -0.2) is 35.6 Å². The lowest BCUT2D eigenvalue weighted by Crippen LogP contribution is -2.36. The maximum atomic E-state index is 11.1. The third-order valence-electron chi connectivity index (χ3n) is 2.00. The Balaban J connectivity index is 0.000000385. The lowest BCUT2D eigenvalue weighted by molar-refractivity contribution is -0.146. The van der Waals surface area contributed by atoms with Gasteiger partial charge in [-0.3, -0.25) is 13.9 Å². The van der Waals surface area contributed by atoms with Crippen LogP contribution in [0.25, 0.3) is 0 Å². The molecule has 0 aliphatic heterocycles. The summed E-state index contributed by atoms with van der Waals surface area (Å²) in [5.41, 5.74) is 4.93. The molecule has 1 aliphatic carbocycles. The third kappa shape index (κ3) is 5.21. The number of nitrogens with two attached hydrogens (primary N) is 1. The lowest BCUT2D eigenvalue weighted by Gasteiger charge is -2.07. The predicted molar refractivity (Wildman–Crippen MR) is 56.0 cm³/mol. The van der Waals surface area contributed by atoms with E-state index in [2.05, 4.69) is 6.58 Å². The first-order valence-electron chi connectivity index (χ1n) is 4.43. The molecule has 0 saturated heterocycles. The van der Waals surface area contributed by atoms with Gasteiger partial charge < -0.3 is 10.5 Å². The fraction of sp³-hybridized carbons (Fsp3) is 0.625. The SMILES string of the molecule is C=CC1C[C@]1(N)C(=O)OCC.O=S(=O)(O)O. The van der Waals surface area contributed by atoms with Crippen molar-refractivity contribution >= 4 is 16.4 Å².